The van der Waals surface area contributed by atoms with Crippen LogP contribution >= 0.6 is 0 Å². The summed E-state index contributed by atoms with van der Waals surface area (Å²) < 4.78 is 13.3. The lowest BCUT2D eigenvalue weighted by Gasteiger charge is -2.10. The number of aliphatic hydroxyl groups excluding tert-OH is 1. The topological polar surface area (TPSA) is 32.3 Å². The Balaban J connectivity index is 1.98. The van der Waals surface area contributed by atoms with Crippen LogP contribution in [0.3, 0.4) is 0 Å². The van der Waals surface area contributed by atoms with Crippen molar-refractivity contribution >= 4 is 0 Å². The van der Waals surface area contributed by atoms with E-state index in [0.29, 0.717) is 12.1 Å². The second kappa shape index (κ2) is 6.64. The molecule has 2 aromatic carbocycles. The van der Waals surface area contributed by atoms with E-state index in [1.54, 1.807) is 12.1 Å². The van der Waals surface area contributed by atoms with Crippen molar-refractivity contribution in [3.8, 4) is 0 Å². The van der Waals surface area contributed by atoms with Crippen molar-refractivity contribution in [2.24, 2.45) is 0 Å². The summed E-state index contributed by atoms with van der Waals surface area (Å²) in [6.07, 6.45) is 0. The summed E-state index contributed by atoms with van der Waals surface area (Å²) in [4.78, 5) is 0. The second-order valence-electron chi connectivity index (χ2n) is 5.05. The molecule has 0 heterocycles. The van der Waals surface area contributed by atoms with Crippen LogP contribution in [0.15, 0.2) is 36.4 Å². The van der Waals surface area contributed by atoms with Crippen molar-refractivity contribution in [2.75, 3.05) is 0 Å². The van der Waals surface area contributed by atoms with Crippen molar-refractivity contribution < 1.29 is 9.50 Å². The Hall–Kier alpha value is -1.71. The van der Waals surface area contributed by atoms with E-state index < -0.39 is 0 Å². The zero-order valence-corrected chi connectivity index (χ0v) is 11.9. The molecule has 2 rings (SSSR count). The minimum Gasteiger partial charge on any atom is -0.392 e. The summed E-state index contributed by atoms with van der Waals surface area (Å²) >= 11 is 0. The summed E-state index contributed by atoms with van der Waals surface area (Å²) in [6.45, 7) is 5.39. The first-order chi connectivity index (χ1) is 9.61. The van der Waals surface area contributed by atoms with Crippen LogP contribution in [-0.2, 0) is 19.7 Å². The van der Waals surface area contributed by atoms with Crippen LogP contribution < -0.4 is 5.32 Å². The van der Waals surface area contributed by atoms with Gasteiger partial charge in [-0.2, -0.15) is 0 Å². The maximum atomic E-state index is 13.3. The molecule has 0 radical (unpaired) electrons. The number of rotatable bonds is 5. The summed E-state index contributed by atoms with van der Waals surface area (Å²) in [7, 11) is 0. The Morgan fingerprint density at radius 2 is 1.85 bits per heavy atom. The molecule has 2 nitrogen and oxygen atoms in total. The van der Waals surface area contributed by atoms with E-state index >= 15 is 0 Å². The standard InChI is InChI=1S/C17H20FNO/c1-12-4-3-5-15(13(12)2)10-19-9-14-6-7-17(18)16(8-14)11-20/h3-8,19-20H,9-11H2,1-2H3. The van der Waals surface area contributed by atoms with Gasteiger partial charge in [0.05, 0.1) is 6.61 Å². The molecule has 0 aliphatic rings. The molecule has 0 amide bonds. The van der Waals surface area contributed by atoms with E-state index in [-0.39, 0.29) is 12.4 Å². The fourth-order valence-electron chi connectivity index (χ4n) is 2.20. The van der Waals surface area contributed by atoms with Crippen LogP contribution in [0.4, 0.5) is 4.39 Å². The summed E-state index contributed by atoms with van der Waals surface area (Å²) in [5.41, 5.74) is 5.18. The quantitative estimate of drug-likeness (QED) is 0.876. The average Bonchev–Trinajstić information content (AvgIpc) is 2.45. The maximum absolute atomic E-state index is 13.3. The molecule has 20 heavy (non-hydrogen) atoms. The highest BCUT2D eigenvalue weighted by Crippen LogP contribution is 2.13. The third-order valence-corrected chi connectivity index (χ3v) is 3.64. The molecule has 0 fully saturated rings. The number of nitrogens with one attached hydrogen (secondary N) is 1. The van der Waals surface area contributed by atoms with Gasteiger partial charge in [-0.25, -0.2) is 4.39 Å². The molecule has 0 atom stereocenters. The van der Waals surface area contributed by atoms with E-state index in [2.05, 4.69) is 37.4 Å². The van der Waals surface area contributed by atoms with E-state index in [1.807, 2.05) is 0 Å². The molecule has 106 valence electrons. The van der Waals surface area contributed by atoms with Gasteiger partial charge in [0, 0.05) is 18.7 Å². The molecule has 0 bridgehead atoms. The van der Waals surface area contributed by atoms with Gasteiger partial charge < -0.3 is 10.4 Å². The Bertz CT molecular complexity index is 596. The first-order valence-electron chi connectivity index (χ1n) is 6.76. The predicted molar refractivity (Wildman–Crippen MR) is 78.8 cm³/mol. The molecule has 0 spiro atoms. The average molecular weight is 273 g/mol. The Labute approximate surface area is 119 Å². The number of benzene rings is 2. The summed E-state index contributed by atoms with van der Waals surface area (Å²) in [5.74, 6) is -0.356. The molecule has 2 N–H and O–H groups in total. The van der Waals surface area contributed by atoms with Crippen LogP contribution in [0.25, 0.3) is 0 Å². The van der Waals surface area contributed by atoms with Crippen molar-refractivity contribution in [3.63, 3.8) is 0 Å². The summed E-state index contributed by atoms with van der Waals surface area (Å²) in [5, 5.41) is 12.4. The fraction of sp³-hybridized carbons (Fsp3) is 0.294. The molecule has 0 aliphatic carbocycles. The maximum Gasteiger partial charge on any atom is 0.128 e. The monoisotopic (exact) mass is 273 g/mol. The predicted octanol–water partition coefficient (Wildman–Crippen LogP) is 3.22. The van der Waals surface area contributed by atoms with Gasteiger partial charge in [-0.05, 0) is 48.2 Å². The normalized spacial score (nSPS) is 10.8. The second-order valence-corrected chi connectivity index (χ2v) is 5.05. The van der Waals surface area contributed by atoms with Gasteiger partial charge in [-0.1, -0.05) is 24.3 Å². The molecule has 2 aromatic rings. The number of halogens is 1. The van der Waals surface area contributed by atoms with Crippen LogP contribution in [-0.4, -0.2) is 5.11 Å². The SMILES string of the molecule is Cc1cccc(CNCc2ccc(F)c(CO)c2)c1C. The van der Waals surface area contributed by atoms with Gasteiger partial charge in [-0.3, -0.25) is 0 Å². The van der Waals surface area contributed by atoms with E-state index in [1.165, 1.54) is 22.8 Å². The molecule has 0 unspecified atom stereocenters. The first kappa shape index (κ1) is 14.7. The molecule has 0 aromatic heterocycles. The highest BCUT2D eigenvalue weighted by atomic mass is 19.1. The third-order valence-electron chi connectivity index (χ3n) is 3.64. The number of hydrogen-bond donors (Lipinski definition) is 2. The van der Waals surface area contributed by atoms with E-state index in [0.717, 1.165) is 12.1 Å². The van der Waals surface area contributed by atoms with Crippen molar-refractivity contribution in [2.45, 2.75) is 33.5 Å². The Kier molecular flexibility index (Phi) is 4.88. The third kappa shape index (κ3) is 3.44. The molecular weight excluding hydrogens is 253 g/mol. The van der Waals surface area contributed by atoms with Crippen molar-refractivity contribution in [1.82, 2.24) is 5.32 Å². The van der Waals surface area contributed by atoms with Crippen LogP contribution in [0, 0.1) is 19.7 Å². The van der Waals surface area contributed by atoms with Crippen molar-refractivity contribution in [3.05, 3.63) is 70.0 Å². The van der Waals surface area contributed by atoms with Gasteiger partial charge in [0.1, 0.15) is 5.82 Å². The zero-order valence-electron chi connectivity index (χ0n) is 11.9. The minimum absolute atomic E-state index is 0.267. The first-order valence-corrected chi connectivity index (χ1v) is 6.76. The zero-order chi connectivity index (χ0) is 14.5. The van der Waals surface area contributed by atoms with Crippen LogP contribution in [0.2, 0.25) is 0 Å². The fourth-order valence-corrected chi connectivity index (χ4v) is 2.20. The molecule has 3 heteroatoms. The smallest absolute Gasteiger partial charge is 0.128 e. The minimum atomic E-state index is -0.356. The Morgan fingerprint density at radius 1 is 1.05 bits per heavy atom. The van der Waals surface area contributed by atoms with Crippen molar-refractivity contribution in [1.29, 1.82) is 0 Å². The van der Waals surface area contributed by atoms with Gasteiger partial charge in [0.15, 0.2) is 0 Å². The molecule has 0 saturated carbocycles. The number of aryl methyl sites for hydroxylation is 1. The highest BCUT2D eigenvalue weighted by molar-refractivity contribution is 5.33. The molecular formula is C17H20FNO. The van der Waals surface area contributed by atoms with E-state index in [9.17, 15) is 4.39 Å². The lowest BCUT2D eigenvalue weighted by Crippen LogP contribution is -2.14. The van der Waals surface area contributed by atoms with Gasteiger partial charge >= 0.3 is 0 Å². The van der Waals surface area contributed by atoms with Gasteiger partial charge in [-0.15, -0.1) is 0 Å². The molecule has 0 saturated heterocycles. The number of hydrogen-bond acceptors (Lipinski definition) is 2. The lowest BCUT2D eigenvalue weighted by atomic mass is 10.0. The van der Waals surface area contributed by atoms with Gasteiger partial charge in [0.25, 0.3) is 0 Å². The largest absolute Gasteiger partial charge is 0.392 e. The van der Waals surface area contributed by atoms with E-state index in [4.69, 9.17) is 5.11 Å². The Morgan fingerprint density at radius 3 is 2.60 bits per heavy atom. The highest BCUT2D eigenvalue weighted by Gasteiger charge is 2.03. The van der Waals surface area contributed by atoms with Gasteiger partial charge in [0.2, 0.25) is 0 Å². The lowest BCUT2D eigenvalue weighted by molar-refractivity contribution is 0.275. The van der Waals surface area contributed by atoms with Crippen LogP contribution in [0.1, 0.15) is 27.8 Å². The summed E-state index contributed by atoms with van der Waals surface area (Å²) in [6, 6.07) is 11.1. The van der Waals surface area contributed by atoms with Crippen LogP contribution in [0.5, 0.6) is 0 Å². The molecule has 0 aliphatic heterocycles. The number of aliphatic hydroxyl groups is 1.